The van der Waals surface area contributed by atoms with Crippen molar-refractivity contribution in [2.45, 2.75) is 19.0 Å². The Balaban J connectivity index is 0.00000225. The van der Waals surface area contributed by atoms with Crippen LogP contribution < -0.4 is 5.73 Å². The molecular formula is C19H25ClN4O. The van der Waals surface area contributed by atoms with E-state index in [0.29, 0.717) is 6.42 Å². The standard InChI is InChI=1S/C19H24N4O.ClH/c20-18(14-16-4-2-1-3-5-16)19(24)23-12-10-22(11-13-23)15-17-6-8-21-9-7-17;/h1-9,18H,10-15,20H2;1H/t18-;/m0./s1. The third-order valence-electron chi connectivity index (χ3n) is 4.46. The fraction of sp³-hybridized carbons (Fsp3) is 0.368. The van der Waals surface area contributed by atoms with Crippen molar-refractivity contribution in [3.05, 3.63) is 66.0 Å². The number of hydrogen-bond donors (Lipinski definition) is 1. The predicted octanol–water partition coefficient (Wildman–Crippen LogP) is 1.72. The van der Waals surface area contributed by atoms with Crippen LogP contribution in [0.25, 0.3) is 0 Å². The monoisotopic (exact) mass is 360 g/mol. The van der Waals surface area contributed by atoms with Crippen LogP contribution >= 0.6 is 12.4 Å². The van der Waals surface area contributed by atoms with E-state index in [1.807, 2.05) is 59.8 Å². The van der Waals surface area contributed by atoms with Gasteiger partial charge in [0.25, 0.3) is 0 Å². The average Bonchev–Trinajstić information content (AvgIpc) is 2.63. The zero-order chi connectivity index (χ0) is 16.8. The molecule has 1 amide bonds. The van der Waals surface area contributed by atoms with Crippen molar-refractivity contribution in [1.82, 2.24) is 14.8 Å². The first kappa shape index (κ1) is 19.4. The van der Waals surface area contributed by atoms with Crippen LogP contribution in [-0.2, 0) is 17.8 Å². The van der Waals surface area contributed by atoms with Crippen LogP contribution in [0.5, 0.6) is 0 Å². The highest BCUT2D eigenvalue weighted by molar-refractivity contribution is 5.85. The molecule has 0 bridgehead atoms. The second-order valence-corrected chi connectivity index (χ2v) is 6.25. The van der Waals surface area contributed by atoms with E-state index in [1.54, 1.807) is 0 Å². The van der Waals surface area contributed by atoms with Gasteiger partial charge in [-0.1, -0.05) is 30.3 Å². The van der Waals surface area contributed by atoms with Crippen molar-refractivity contribution in [2.75, 3.05) is 26.2 Å². The topological polar surface area (TPSA) is 62.5 Å². The minimum atomic E-state index is -0.459. The number of hydrogen-bond acceptors (Lipinski definition) is 4. The average molecular weight is 361 g/mol. The number of nitrogens with two attached hydrogens (primary N) is 1. The van der Waals surface area contributed by atoms with Gasteiger partial charge in [-0.25, -0.2) is 0 Å². The van der Waals surface area contributed by atoms with Crippen LogP contribution in [0.1, 0.15) is 11.1 Å². The first-order valence-corrected chi connectivity index (χ1v) is 8.42. The molecule has 2 aromatic rings. The van der Waals surface area contributed by atoms with Crippen LogP contribution in [0.2, 0.25) is 0 Å². The molecule has 25 heavy (non-hydrogen) atoms. The number of amides is 1. The number of benzene rings is 1. The highest BCUT2D eigenvalue weighted by Gasteiger charge is 2.25. The molecule has 6 heteroatoms. The van der Waals surface area contributed by atoms with Gasteiger partial charge in [0, 0.05) is 45.1 Å². The molecule has 1 aromatic heterocycles. The van der Waals surface area contributed by atoms with Crippen molar-refractivity contribution in [3.8, 4) is 0 Å². The molecule has 0 saturated carbocycles. The molecule has 0 spiro atoms. The van der Waals surface area contributed by atoms with E-state index in [9.17, 15) is 4.79 Å². The summed E-state index contributed by atoms with van der Waals surface area (Å²) in [7, 11) is 0. The number of pyridine rings is 1. The second kappa shape index (κ2) is 9.51. The third-order valence-corrected chi connectivity index (χ3v) is 4.46. The normalized spacial score (nSPS) is 16.1. The van der Waals surface area contributed by atoms with E-state index < -0.39 is 6.04 Å². The summed E-state index contributed by atoms with van der Waals surface area (Å²) >= 11 is 0. The highest BCUT2D eigenvalue weighted by Crippen LogP contribution is 2.10. The molecule has 2 N–H and O–H groups in total. The largest absolute Gasteiger partial charge is 0.339 e. The Hall–Kier alpha value is -1.95. The quantitative estimate of drug-likeness (QED) is 0.881. The van der Waals surface area contributed by atoms with Gasteiger partial charge in [0.2, 0.25) is 5.91 Å². The van der Waals surface area contributed by atoms with Crippen LogP contribution in [0.4, 0.5) is 0 Å². The van der Waals surface area contributed by atoms with Gasteiger partial charge in [-0.2, -0.15) is 0 Å². The lowest BCUT2D eigenvalue weighted by atomic mass is 10.1. The molecule has 0 radical (unpaired) electrons. The zero-order valence-corrected chi connectivity index (χ0v) is 15.1. The van der Waals surface area contributed by atoms with Crippen molar-refractivity contribution in [3.63, 3.8) is 0 Å². The highest BCUT2D eigenvalue weighted by atomic mass is 35.5. The Morgan fingerprint density at radius 1 is 1.00 bits per heavy atom. The van der Waals surface area contributed by atoms with E-state index >= 15 is 0 Å². The number of piperazine rings is 1. The molecule has 5 nitrogen and oxygen atoms in total. The number of rotatable bonds is 5. The molecular weight excluding hydrogens is 336 g/mol. The Labute approximate surface area is 155 Å². The van der Waals surface area contributed by atoms with Gasteiger partial charge in [-0.05, 0) is 29.7 Å². The minimum Gasteiger partial charge on any atom is -0.339 e. The molecule has 0 aliphatic carbocycles. The maximum Gasteiger partial charge on any atom is 0.239 e. The number of aromatic nitrogens is 1. The van der Waals surface area contributed by atoms with E-state index in [-0.39, 0.29) is 18.3 Å². The first-order valence-electron chi connectivity index (χ1n) is 8.42. The molecule has 1 aliphatic rings. The lowest BCUT2D eigenvalue weighted by Crippen LogP contribution is -2.53. The summed E-state index contributed by atoms with van der Waals surface area (Å²) in [6, 6.07) is 13.6. The second-order valence-electron chi connectivity index (χ2n) is 6.25. The number of nitrogens with zero attached hydrogens (tertiary/aromatic N) is 3. The SMILES string of the molecule is Cl.N[C@@H](Cc1ccccc1)C(=O)N1CCN(Cc2ccncc2)CC1. The Bertz CT molecular complexity index is 645. The molecule has 1 atom stereocenters. The number of carbonyl (C=O) groups is 1. The van der Waals surface area contributed by atoms with Crippen molar-refractivity contribution in [1.29, 1.82) is 0 Å². The lowest BCUT2D eigenvalue weighted by Gasteiger charge is -2.36. The van der Waals surface area contributed by atoms with E-state index in [4.69, 9.17) is 5.73 Å². The molecule has 1 aliphatic heterocycles. The number of halogens is 1. The third kappa shape index (κ3) is 5.53. The van der Waals surface area contributed by atoms with Gasteiger partial charge in [0.05, 0.1) is 6.04 Å². The Kier molecular flexibility index (Phi) is 7.37. The zero-order valence-electron chi connectivity index (χ0n) is 14.3. The Morgan fingerprint density at radius 2 is 1.64 bits per heavy atom. The lowest BCUT2D eigenvalue weighted by molar-refractivity contribution is -0.134. The van der Waals surface area contributed by atoms with E-state index in [2.05, 4.69) is 9.88 Å². The Morgan fingerprint density at radius 3 is 2.28 bits per heavy atom. The molecule has 1 fully saturated rings. The molecule has 1 saturated heterocycles. The van der Waals surface area contributed by atoms with Crippen LogP contribution in [0.15, 0.2) is 54.9 Å². The summed E-state index contributed by atoms with van der Waals surface area (Å²) < 4.78 is 0. The van der Waals surface area contributed by atoms with Crippen molar-refractivity contribution >= 4 is 18.3 Å². The van der Waals surface area contributed by atoms with Crippen LogP contribution in [0, 0.1) is 0 Å². The van der Waals surface area contributed by atoms with E-state index in [1.165, 1.54) is 5.56 Å². The molecule has 134 valence electrons. The maximum atomic E-state index is 12.5. The summed E-state index contributed by atoms with van der Waals surface area (Å²) in [5.74, 6) is 0.0578. The van der Waals surface area contributed by atoms with Crippen LogP contribution in [0.3, 0.4) is 0 Å². The first-order chi connectivity index (χ1) is 11.7. The molecule has 2 heterocycles. The van der Waals surface area contributed by atoms with Gasteiger partial charge >= 0.3 is 0 Å². The van der Waals surface area contributed by atoms with Gasteiger partial charge in [0.15, 0.2) is 0 Å². The number of carbonyl (C=O) groups excluding carboxylic acids is 1. The smallest absolute Gasteiger partial charge is 0.239 e. The fourth-order valence-corrected chi connectivity index (χ4v) is 3.06. The predicted molar refractivity (Wildman–Crippen MR) is 101 cm³/mol. The molecule has 0 unspecified atom stereocenters. The van der Waals surface area contributed by atoms with Gasteiger partial charge < -0.3 is 10.6 Å². The van der Waals surface area contributed by atoms with Crippen molar-refractivity contribution in [2.24, 2.45) is 5.73 Å². The summed E-state index contributed by atoms with van der Waals surface area (Å²) in [5.41, 5.74) is 8.49. The van der Waals surface area contributed by atoms with Crippen molar-refractivity contribution < 1.29 is 4.79 Å². The van der Waals surface area contributed by atoms with Crippen LogP contribution in [-0.4, -0.2) is 52.9 Å². The summed E-state index contributed by atoms with van der Waals surface area (Å²) in [4.78, 5) is 20.8. The summed E-state index contributed by atoms with van der Waals surface area (Å²) in [6.07, 6.45) is 4.23. The molecule has 3 rings (SSSR count). The van der Waals surface area contributed by atoms with E-state index in [0.717, 1.165) is 38.3 Å². The summed E-state index contributed by atoms with van der Waals surface area (Å²) in [5, 5.41) is 0. The summed E-state index contributed by atoms with van der Waals surface area (Å²) in [6.45, 7) is 4.15. The van der Waals surface area contributed by atoms with Gasteiger partial charge in [-0.15, -0.1) is 12.4 Å². The maximum absolute atomic E-state index is 12.5. The molecule has 1 aromatic carbocycles. The van der Waals surface area contributed by atoms with Gasteiger partial charge in [-0.3, -0.25) is 14.7 Å². The minimum absolute atomic E-state index is 0. The van der Waals surface area contributed by atoms with Gasteiger partial charge in [0.1, 0.15) is 0 Å². The fourth-order valence-electron chi connectivity index (χ4n) is 3.06.